The van der Waals surface area contributed by atoms with E-state index in [1.54, 1.807) is 0 Å². The Morgan fingerprint density at radius 1 is 1.44 bits per heavy atom. The molecule has 1 aromatic rings. The van der Waals surface area contributed by atoms with Crippen molar-refractivity contribution in [3.63, 3.8) is 0 Å². The summed E-state index contributed by atoms with van der Waals surface area (Å²) >= 11 is 0. The van der Waals surface area contributed by atoms with E-state index < -0.39 is 29.2 Å². The molecule has 0 atom stereocenters. The van der Waals surface area contributed by atoms with Gasteiger partial charge in [-0.25, -0.2) is 17.7 Å². The third kappa shape index (κ3) is 3.84. The minimum absolute atomic E-state index is 0.0136. The summed E-state index contributed by atoms with van der Waals surface area (Å²) in [5.74, 6) is -0.0136. The molecule has 9 heteroatoms. The second-order valence-electron chi connectivity index (χ2n) is 3.61. The van der Waals surface area contributed by atoms with E-state index in [4.69, 9.17) is 5.73 Å². The van der Waals surface area contributed by atoms with Crippen LogP contribution in [0.15, 0.2) is 23.2 Å². The van der Waals surface area contributed by atoms with Gasteiger partial charge in [-0.1, -0.05) is 0 Å². The van der Waals surface area contributed by atoms with E-state index in [2.05, 4.69) is 4.98 Å². The monoisotopic (exact) mass is 283 g/mol. The number of alkyl halides is 3. The lowest BCUT2D eigenvalue weighted by atomic mass is 10.4. The average molecular weight is 283 g/mol. The molecular formula is C9H12F3N3O2S. The van der Waals surface area contributed by atoms with Crippen molar-refractivity contribution in [3.05, 3.63) is 18.3 Å². The fourth-order valence-corrected chi connectivity index (χ4v) is 2.37. The molecular weight excluding hydrogens is 271 g/mol. The van der Waals surface area contributed by atoms with Crippen LogP contribution >= 0.6 is 0 Å². The van der Waals surface area contributed by atoms with Gasteiger partial charge in [0.2, 0.25) is 10.0 Å². The van der Waals surface area contributed by atoms with Crippen molar-refractivity contribution in [2.24, 2.45) is 0 Å². The van der Waals surface area contributed by atoms with Crippen LogP contribution in [-0.4, -0.2) is 37.5 Å². The van der Waals surface area contributed by atoms with Crippen LogP contribution in [-0.2, 0) is 10.0 Å². The van der Waals surface area contributed by atoms with Gasteiger partial charge in [0.05, 0.1) is 11.3 Å². The van der Waals surface area contributed by atoms with Crippen LogP contribution in [0.2, 0.25) is 0 Å². The lowest BCUT2D eigenvalue weighted by molar-refractivity contribution is -0.135. The molecule has 0 fully saturated rings. The van der Waals surface area contributed by atoms with E-state index in [1.807, 2.05) is 0 Å². The second kappa shape index (κ2) is 5.11. The molecule has 0 radical (unpaired) electrons. The van der Waals surface area contributed by atoms with Crippen LogP contribution < -0.4 is 5.73 Å². The van der Waals surface area contributed by atoms with Gasteiger partial charge < -0.3 is 5.73 Å². The number of anilines is 1. The molecule has 1 rings (SSSR count). The number of sulfonamides is 1. The van der Waals surface area contributed by atoms with Gasteiger partial charge in [-0.05, 0) is 6.07 Å². The molecule has 1 aromatic heterocycles. The van der Waals surface area contributed by atoms with Gasteiger partial charge in [-0.3, -0.25) is 0 Å². The van der Waals surface area contributed by atoms with E-state index in [0.29, 0.717) is 4.31 Å². The van der Waals surface area contributed by atoms with Crippen molar-refractivity contribution in [2.45, 2.75) is 17.5 Å². The van der Waals surface area contributed by atoms with Crippen LogP contribution in [0.1, 0.15) is 6.42 Å². The van der Waals surface area contributed by atoms with Gasteiger partial charge in [-0.2, -0.15) is 13.2 Å². The Morgan fingerprint density at radius 3 is 2.56 bits per heavy atom. The molecule has 5 nitrogen and oxygen atoms in total. The summed E-state index contributed by atoms with van der Waals surface area (Å²) in [6.45, 7) is -0.645. The van der Waals surface area contributed by atoms with Gasteiger partial charge >= 0.3 is 6.18 Å². The smallest absolute Gasteiger partial charge is 0.384 e. The molecule has 1 heterocycles. The van der Waals surface area contributed by atoms with Crippen molar-refractivity contribution in [2.75, 3.05) is 19.3 Å². The quantitative estimate of drug-likeness (QED) is 0.902. The summed E-state index contributed by atoms with van der Waals surface area (Å²) < 4.78 is 60.4. The Balaban J connectivity index is 2.87. The summed E-state index contributed by atoms with van der Waals surface area (Å²) in [6, 6.07) is 2.27. The minimum atomic E-state index is -4.40. The van der Waals surface area contributed by atoms with E-state index in [-0.39, 0.29) is 10.7 Å². The van der Waals surface area contributed by atoms with Crippen molar-refractivity contribution in [3.8, 4) is 0 Å². The first-order valence-corrected chi connectivity index (χ1v) is 6.31. The summed E-state index contributed by atoms with van der Waals surface area (Å²) in [6.07, 6.45) is -4.43. The third-order valence-corrected chi connectivity index (χ3v) is 4.02. The Morgan fingerprint density at radius 2 is 2.06 bits per heavy atom. The number of hydrogen-bond acceptors (Lipinski definition) is 4. The zero-order chi connectivity index (χ0) is 14.0. The van der Waals surface area contributed by atoms with Crippen LogP contribution in [0.4, 0.5) is 19.0 Å². The van der Waals surface area contributed by atoms with Crippen molar-refractivity contribution in [1.82, 2.24) is 9.29 Å². The maximum Gasteiger partial charge on any atom is 0.390 e. The molecule has 0 aromatic carbocycles. The van der Waals surface area contributed by atoms with E-state index in [9.17, 15) is 21.6 Å². The predicted octanol–water partition coefficient (Wildman–Crippen LogP) is 1.24. The van der Waals surface area contributed by atoms with Crippen LogP contribution in [0.5, 0.6) is 0 Å². The zero-order valence-electron chi connectivity index (χ0n) is 9.48. The van der Waals surface area contributed by atoms with Gasteiger partial charge in [0, 0.05) is 25.9 Å². The highest BCUT2D eigenvalue weighted by Gasteiger charge is 2.30. The fourth-order valence-electron chi connectivity index (χ4n) is 1.17. The first-order chi connectivity index (χ1) is 8.13. The Hall–Kier alpha value is -1.35. The fraction of sp³-hybridized carbons (Fsp3) is 0.444. The molecule has 0 saturated carbocycles. The SMILES string of the molecule is CN(CCC(F)(F)F)S(=O)(=O)c1ccnc(N)c1. The average Bonchev–Trinajstić information content (AvgIpc) is 2.24. The van der Waals surface area contributed by atoms with Gasteiger partial charge in [0.15, 0.2) is 0 Å². The predicted molar refractivity (Wildman–Crippen MR) is 59.1 cm³/mol. The summed E-state index contributed by atoms with van der Waals surface area (Å²) in [5, 5.41) is 0. The maximum atomic E-state index is 12.0. The maximum absolute atomic E-state index is 12.0. The first kappa shape index (κ1) is 14.7. The number of hydrogen-bond donors (Lipinski definition) is 1. The zero-order valence-corrected chi connectivity index (χ0v) is 10.3. The molecule has 0 unspecified atom stereocenters. The first-order valence-electron chi connectivity index (χ1n) is 4.87. The number of nitrogens with zero attached hydrogens (tertiary/aromatic N) is 2. The van der Waals surface area contributed by atoms with Crippen molar-refractivity contribution < 1.29 is 21.6 Å². The Labute approximate surface area is 102 Å². The van der Waals surface area contributed by atoms with Crippen molar-refractivity contribution in [1.29, 1.82) is 0 Å². The summed E-state index contributed by atoms with van der Waals surface area (Å²) in [4.78, 5) is 3.43. The van der Waals surface area contributed by atoms with Crippen LogP contribution in [0, 0.1) is 0 Å². The van der Waals surface area contributed by atoms with Crippen LogP contribution in [0.3, 0.4) is 0 Å². The number of nitrogen functional groups attached to an aromatic ring is 1. The molecule has 0 saturated heterocycles. The van der Waals surface area contributed by atoms with E-state index in [1.165, 1.54) is 12.3 Å². The second-order valence-corrected chi connectivity index (χ2v) is 5.65. The van der Waals surface area contributed by atoms with Gasteiger partial charge in [0.1, 0.15) is 5.82 Å². The van der Waals surface area contributed by atoms with Gasteiger partial charge in [0.25, 0.3) is 0 Å². The third-order valence-electron chi connectivity index (χ3n) is 2.17. The Kier molecular flexibility index (Phi) is 4.17. The number of nitrogens with two attached hydrogens (primary N) is 1. The van der Waals surface area contributed by atoms with Crippen molar-refractivity contribution >= 4 is 15.8 Å². The normalized spacial score (nSPS) is 12.9. The largest absolute Gasteiger partial charge is 0.390 e. The highest BCUT2D eigenvalue weighted by Crippen LogP contribution is 2.22. The lowest BCUT2D eigenvalue weighted by Gasteiger charge is -2.18. The molecule has 0 amide bonds. The number of aromatic nitrogens is 1. The molecule has 0 aliphatic heterocycles. The highest BCUT2D eigenvalue weighted by molar-refractivity contribution is 7.89. The lowest BCUT2D eigenvalue weighted by Crippen LogP contribution is -2.30. The molecule has 2 N–H and O–H groups in total. The van der Waals surface area contributed by atoms with Gasteiger partial charge in [-0.15, -0.1) is 0 Å². The highest BCUT2D eigenvalue weighted by atomic mass is 32.2. The number of pyridine rings is 1. The topological polar surface area (TPSA) is 76.3 Å². The molecule has 0 aliphatic carbocycles. The molecule has 0 spiro atoms. The molecule has 18 heavy (non-hydrogen) atoms. The minimum Gasteiger partial charge on any atom is -0.384 e. The Bertz CT molecular complexity index is 516. The standard InChI is InChI=1S/C9H12F3N3O2S/c1-15(5-3-9(10,11)12)18(16,17)7-2-4-14-8(13)6-7/h2,4,6H,3,5H2,1H3,(H2,13,14). The summed E-state index contributed by atoms with van der Waals surface area (Å²) in [5.41, 5.74) is 5.32. The number of halogens is 3. The van der Waals surface area contributed by atoms with E-state index in [0.717, 1.165) is 13.1 Å². The van der Waals surface area contributed by atoms with Crippen LogP contribution in [0.25, 0.3) is 0 Å². The summed E-state index contributed by atoms with van der Waals surface area (Å²) in [7, 11) is -2.89. The van der Waals surface area contributed by atoms with E-state index >= 15 is 0 Å². The molecule has 0 aliphatic rings. The molecule has 102 valence electrons. The number of rotatable bonds is 4. The molecule has 0 bridgehead atoms.